The lowest BCUT2D eigenvalue weighted by molar-refractivity contribution is -0.0908. The van der Waals surface area contributed by atoms with Crippen LogP contribution in [0.4, 0.5) is 0 Å². The standard InChI is InChI=1S/C11H17NO2/c13-10-6-3-7-9-5-12(4-8(6)9)1-2-14-11(7)10/h6-11,13H,1-5H2/t6-,7+,8-,9+,10-,11-/m0/s1. The molecule has 4 aliphatic rings. The number of ether oxygens (including phenoxy) is 1. The molecule has 2 aliphatic carbocycles. The van der Waals surface area contributed by atoms with Gasteiger partial charge in [0, 0.05) is 19.6 Å². The molecule has 2 saturated carbocycles. The lowest BCUT2D eigenvalue weighted by atomic mass is 9.78. The average Bonchev–Trinajstić information content (AvgIpc) is 2.75. The van der Waals surface area contributed by atoms with Gasteiger partial charge in [0.15, 0.2) is 0 Å². The zero-order chi connectivity index (χ0) is 9.28. The molecular formula is C11H17NO2. The van der Waals surface area contributed by atoms with Crippen LogP contribution in [0.1, 0.15) is 6.42 Å². The van der Waals surface area contributed by atoms with E-state index in [1.807, 2.05) is 0 Å². The molecule has 3 heteroatoms. The van der Waals surface area contributed by atoms with Crippen LogP contribution in [0, 0.1) is 23.7 Å². The van der Waals surface area contributed by atoms with E-state index in [4.69, 9.17) is 4.74 Å². The van der Waals surface area contributed by atoms with Crippen molar-refractivity contribution in [2.75, 3.05) is 26.2 Å². The molecule has 0 amide bonds. The molecule has 2 aliphatic heterocycles. The summed E-state index contributed by atoms with van der Waals surface area (Å²) in [5.74, 6) is 2.85. The van der Waals surface area contributed by atoms with Gasteiger partial charge >= 0.3 is 0 Å². The van der Waals surface area contributed by atoms with Gasteiger partial charge in [-0.25, -0.2) is 0 Å². The number of rotatable bonds is 0. The van der Waals surface area contributed by atoms with Gasteiger partial charge in [-0.1, -0.05) is 0 Å². The minimum Gasteiger partial charge on any atom is -0.390 e. The lowest BCUT2D eigenvalue weighted by Crippen LogP contribution is -2.44. The molecule has 0 spiro atoms. The molecule has 0 aromatic rings. The van der Waals surface area contributed by atoms with Crippen molar-refractivity contribution in [1.29, 1.82) is 0 Å². The van der Waals surface area contributed by atoms with Crippen LogP contribution in [0.2, 0.25) is 0 Å². The predicted molar refractivity (Wildman–Crippen MR) is 50.8 cm³/mol. The fourth-order valence-corrected chi connectivity index (χ4v) is 4.50. The number of nitrogens with zero attached hydrogens (tertiary/aromatic N) is 1. The van der Waals surface area contributed by atoms with Gasteiger partial charge in [0.25, 0.3) is 0 Å². The molecule has 7 atom stereocenters. The van der Waals surface area contributed by atoms with Crippen molar-refractivity contribution in [2.45, 2.75) is 18.6 Å². The van der Waals surface area contributed by atoms with E-state index in [0.717, 1.165) is 25.0 Å². The van der Waals surface area contributed by atoms with Crippen molar-refractivity contribution in [1.82, 2.24) is 4.90 Å². The summed E-state index contributed by atoms with van der Waals surface area (Å²) in [4.78, 5) is 2.53. The first-order valence-corrected chi connectivity index (χ1v) is 5.86. The van der Waals surface area contributed by atoms with Gasteiger partial charge in [0.1, 0.15) is 0 Å². The minimum atomic E-state index is -0.153. The molecule has 4 bridgehead atoms. The highest BCUT2D eigenvalue weighted by atomic mass is 16.5. The Kier molecular flexibility index (Phi) is 1.45. The van der Waals surface area contributed by atoms with Crippen LogP contribution in [0.25, 0.3) is 0 Å². The zero-order valence-electron chi connectivity index (χ0n) is 8.30. The molecule has 4 rings (SSSR count). The van der Waals surface area contributed by atoms with Gasteiger partial charge in [0.05, 0.1) is 18.8 Å². The van der Waals surface area contributed by atoms with E-state index in [9.17, 15) is 5.11 Å². The first-order valence-electron chi connectivity index (χ1n) is 5.86. The predicted octanol–water partition coefficient (Wildman–Crippen LogP) is -0.0562. The molecule has 1 unspecified atom stereocenters. The summed E-state index contributed by atoms with van der Waals surface area (Å²) in [6, 6.07) is 0. The summed E-state index contributed by atoms with van der Waals surface area (Å²) in [6.45, 7) is 4.40. The van der Waals surface area contributed by atoms with Crippen molar-refractivity contribution in [3.8, 4) is 0 Å². The maximum atomic E-state index is 10.1. The third-order valence-electron chi connectivity index (χ3n) is 5.05. The lowest BCUT2D eigenvalue weighted by Gasteiger charge is -2.35. The fourth-order valence-electron chi connectivity index (χ4n) is 4.50. The van der Waals surface area contributed by atoms with Gasteiger partial charge in [-0.3, -0.25) is 0 Å². The molecular weight excluding hydrogens is 178 g/mol. The van der Waals surface area contributed by atoms with Gasteiger partial charge < -0.3 is 14.7 Å². The second kappa shape index (κ2) is 2.52. The van der Waals surface area contributed by atoms with Gasteiger partial charge in [-0.2, -0.15) is 0 Å². The third kappa shape index (κ3) is 0.802. The maximum Gasteiger partial charge on any atom is 0.0868 e. The second-order valence-electron chi connectivity index (χ2n) is 5.48. The van der Waals surface area contributed by atoms with Crippen molar-refractivity contribution in [3.63, 3.8) is 0 Å². The highest BCUT2D eigenvalue weighted by molar-refractivity contribution is 5.10. The van der Waals surface area contributed by atoms with Crippen LogP contribution in [0.3, 0.4) is 0 Å². The second-order valence-corrected chi connectivity index (χ2v) is 5.48. The van der Waals surface area contributed by atoms with Gasteiger partial charge in [-0.05, 0) is 30.1 Å². The Morgan fingerprint density at radius 1 is 1.07 bits per heavy atom. The number of hydrogen-bond donors (Lipinski definition) is 1. The Balaban J connectivity index is 1.76. The molecule has 14 heavy (non-hydrogen) atoms. The third-order valence-corrected chi connectivity index (χ3v) is 5.05. The zero-order valence-corrected chi connectivity index (χ0v) is 8.30. The first kappa shape index (κ1) is 8.08. The van der Waals surface area contributed by atoms with E-state index in [1.165, 1.54) is 19.5 Å². The normalized spacial score (nSPS) is 64.5. The van der Waals surface area contributed by atoms with Crippen LogP contribution < -0.4 is 0 Å². The largest absolute Gasteiger partial charge is 0.390 e. The summed E-state index contributed by atoms with van der Waals surface area (Å²) in [6.07, 6.45) is 1.26. The van der Waals surface area contributed by atoms with E-state index < -0.39 is 0 Å². The SMILES string of the molecule is O[C@H]1[C@H]2C[C@@H]3[C@H]4CN(CCO[C@H]13)C[C@H]42. The summed E-state index contributed by atoms with van der Waals surface area (Å²) < 4.78 is 5.83. The van der Waals surface area contributed by atoms with Crippen molar-refractivity contribution in [3.05, 3.63) is 0 Å². The average molecular weight is 195 g/mol. The molecule has 0 radical (unpaired) electrons. The first-order chi connectivity index (χ1) is 6.84. The molecule has 4 fully saturated rings. The fraction of sp³-hybridized carbons (Fsp3) is 1.00. The summed E-state index contributed by atoms with van der Waals surface area (Å²) in [5.41, 5.74) is 0. The molecule has 2 saturated heterocycles. The van der Waals surface area contributed by atoms with Crippen molar-refractivity contribution in [2.24, 2.45) is 23.7 Å². The van der Waals surface area contributed by atoms with E-state index in [1.54, 1.807) is 0 Å². The van der Waals surface area contributed by atoms with Crippen LogP contribution in [0.15, 0.2) is 0 Å². The molecule has 1 N–H and O–H groups in total. The van der Waals surface area contributed by atoms with Gasteiger partial charge in [-0.15, -0.1) is 0 Å². The highest BCUT2D eigenvalue weighted by Gasteiger charge is 2.61. The maximum absolute atomic E-state index is 10.1. The quantitative estimate of drug-likeness (QED) is 0.588. The monoisotopic (exact) mass is 195 g/mol. The number of hydrogen-bond acceptors (Lipinski definition) is 3. The van der Waals surface area contributed by atoms with E-state index >= 15 is 0 Å². The summed E-state index contributed by atoms with van der Waals surface area (Å²) >= 11 is 0. The van der Waals surface area contributed by atoms with Crippen LogP contribution in [0.5, 0.6) is 0 Å². The minimum absolute atomic E-state index is 0.153. The molecule has 2 heterocycles. The highest BCUT2D eigenvalue weighted by Crippen LogP contribution is 2.56. The summed E-state index contributed by atoms with van der Waals surface area (Å²) in [7, 11) is 0. The van der Waals surface area contributed by atoms with Crippen LogP contribution in [-0.2, 0) is 4.74 Å². The van der Waals surface area contributed by atoms with E-state index in [0.29, 0.717) is 11.8 Å². The Morgan fingerprint density at radius 2 is 1.86 bits per heavy atom. The Bertz CT molecular complexity index is 262. The number of aliphatic hydroxyl groups is 1. The van der Waals surface area contributed by atoms with Crippen LogP contribution >= 0.6 is 0 Å². The summed E-state index contributed by atoms with van der Waals surface area (Å²) in [5, 5.41) is 10.1. The Morgan fingerprint density at radius 3 is 2.71 bits per heavy atom. The molecule has 78 valence electrons. The topological polar surface area (TPSA) is 32.7 Å². The molecule has 0 aromatic heterocycles. The van der Waals surface area contributed by atoms with E-state index in [-0.39, 0.29) is 12.2 Å². The number of fused-ring (bicyclic) bond motifs is 3. The Hall–Kier alpha value is -0.120. The smallest absolute Gasteiger partial charge is 0.0868 e. The molecule has 3 nitrogen and oxygen atoms in total. The van der Waals surface area contributed by atoms with Crippen molar-refractivity contribution >= 4 is 0 Å². The van der Waals surface area contributed by atoms with Crippen molar-refractivity contribution < 1.29 is 9.84 Å². The Labute approximate surface area is 84.0 Å². The van der Waals surface area contributed by atoms with Gasteiger partial charge in [0.2, 0.25) is 0 Å². The number of aliphatic hydroxyl groups excluding tert-OH is 1. The van der Waals surface area contributed by atoms with E-state index in [2.05, 4.69) is 4.90 Å². The van der Waals surface area contributed by atoms with Crippen LogP contribution in [-0.4, -0.2) is 48.5 Å². The molecule has 0 aromatic carbocycles.